The maximum Gasteiger partial charge on any atom is 0.338 e. The summed E-state index contributed by atoms with van der Waals surface area (Å²) in [6.07, 6.45) is 0. The molecule has 0 fully saturated rings. The first-order valence-corrected chi connectivity index (χ1v) is 8.02. The lowest BCUT2D eigenvalue weighted by molar-refractivity contribution is 0.0691. The first-order valence-electron chi connectivity index (χ1n) is 6.58. The van der Waals surface area contributed by atoms with Crippen LogP contribution in [0.15, 0.2) is 17.0 Å². The van der Waals surface area contributed by atoms with E-state index in [9.17, 15) is 17.6 Å². The molecule has 6 nitrogen and oxygen atoms in total. The van der Waals surface area contributed by atoms with Gasteiger partial charge in [0.1, 0.15) is 5.82 Å². The number of benzene rings is 1. The summed E-state index contributed by atoms with van der Waals surface area (Å²) >= 11 is 0. The van der Waals surface area contributed by atoms with Gasteiger partial charge in [0, 0.05) is 13.1 Å². The Kier molecular flexibility index (Phi) is 5.63. The zero-order valence-corrected chi connectivity index (χ0v) is 13.3. The molecule has 1 rings (SSSR count). The Balaban J connectivity index is 3.39. The second kappa shape index (κ2) is 6.85. The van der Waals surface area contributed by atoms with Gasteiger partial charge in [-0.15, -0.1) is 0 Å². The highest BCUT2D eigenvalue weighted by Gasteiger charge is 2.27. The lowest BCUT2D eigenvalue weighted by Gasteiger charge is -2.22. The highest BCUT2D eigenvalue weighted by Crippen LogP contribution is 2.23. The third-order valence-electron chi connectivity index (χ3n) is 3.15. The standard InChI is InChI=1S/C14H17FN2O4S/c1-4-17(8-9(2)7-16)22(20,21)11-5-10(3)13(15)12(6-11)14(18)19/h5-6,9H,4,8H2,1-3H3,(H,18,19)/t9-/m1/s1. The summed E-state index contributed by atoms with van der Waals surface area (Å²) in [6.45, 7) is 4.59. The Morgan fingerprint density at radius 1 is 1.50 bits per heavy atom. The number of aromatic carboxylic acids is 1. The molecule has 1 aromatic rings. The number of carbonyl (C=O) groups is 1. The van der Waals surface area contributed by atoms with Gasteiger partial charge >= 0.3 is 5.97 Å². The third-order valence-corrected chi connectivity index (χ3v) is 5.07. The van der Waals surface area contributed by atoms with E-state index < -0.39 is 33.3 Å². The molecule has 0 aromatic heterocycles. The molecule has 1 aromatic carbocycles. The molecular formula is C14H17FN2O4S. The summed E-state index contributed by atoms with van der Waals surface area (Å²) in [6, 6.07) is 3.84. The summed E-state index contributed by atoms with van der Waals surface area (Å²) < 4.78 is 39.9. The quantitative estimate of drug-likeness (QED) is 0.861. The molecule has 0 heterocycles. The number of rotatable bonds is 6. The smallest absolute Gasteiger partial charge is 0.338 e. The molecule has 0 bridgehead atoms. The van der Waals surface area contributed by atoms with Crippen LogP contribution in [0.1, 0.15) is 29.8 Å². The van der Waals surface area contributed by atoms with E-state index in [-0.39, 0.29) is 23.5 Å². The average molecular weight is 328 g/mol. The van der Waals surface area contributed by atoms with E-state index >= 15 is 0 Å². The van der Waals surface area contributed by atoms with E-state index in [0.29, 0.717) is 0 Å². The molecule has 1 atom stereocenters. The third kappa shape index (κ3) is 3.61. The molecule has 22 heavy (non-hydrogen) atoms. The van der Waals surface area contributed by atoms with Gasteiger partial charge in [-0.25, -0.2) is 17.6 Å². The largest absolute Gasteiger partial charge is 0.478 e. The maximum absolute atomic E-state index is 13.7. The SMILES string of the molecule is CCN(C[C@H](C)C#N)S(=O)(=O)c1cc(C)c(F)c(C(=O)O)c1. The minimum Gasteiger partial charge on any atom is -0.478 e. The summed E-state index contributed by atoms with van der Waals surface area (Å²) in [5.41, 5.74) is -0.759. The van der Waals surface area contributed by atoms with Gasteiger partial charge in [0.15, 0.2) is 0 Å². The van der Waals surface area contributed by atoms with Crippen LogP contribution in [0.5, 0.6) is 0 Å². The van der Waals surface area contributed by atoms with Crippen molar-refractivity contribution >= 4 is 16.0 Å². The van der Waals surface area contributed by atoms with Gasteiger partial charge in [0.25, 0.3) is 0 Å². The van der Waals surface area contributed by atoms with Crippen LogP contribution in [0.2, 0.25) is 0 Å². The lowest BCUT2D eigenvalue weighted by atomic mass is 10.1. The van der Waals surface area contributed by atoms with Crippen LogP contribution in [0.25, 0.3) is 0 Å². The zero-order valence-electron chi connectivity index (χ0n) is 12.5. The Hall–Kier alpha value is -1.98. The molecule has 0 saturated carbocycles. The Morgan fingerprint density at radius 3 is 2.55 bits per heavy atom. The van der Waals surface area contributed by atoms with Crippen molar-refractivity contribution in [3.8, 4) is 6.07 Å². The minimum absolute atomic E-state index is 0.0197. The van der Waals surface area contributed by atoms with Gasteiger partial charge in [0.05, 0.1) is 22.4 Å². The van der Waals surface area contributed by atoms with Crippen molar-refractivity contribution in [2.45, 2.75) is 25.7 Å². The van der Waals surface area contributed by atoms with Crippen molar-refractivity contribution in [1.29, 1.82) is 5.26 Å². The highest BCUT2D eigenvalue weighted by atomic mass is 32.2. The van der Waals surface area contributed by atoms with Gasteiger partial charge in [-0.3, -0.25) is 0 Å². The Bertz CT molecular complexity index is 725. The first kappa shape index (κ1) is 18.1. The Labute approximate surface area is 128 Å². The van der Waals surface area contributed by atoms with Gasteiger partial charge in [-0.2, -0.15) is 9.57 Å². The fourth-order valence-electron chi connectivity index (χ4n) is 1.93. The number of hydrogen-bond acceptors (Lipinski definition) is 4. The van der Waals surface area contributed by atoms with E-state index in [4.69, 9.17) is 10.4 Å². The van der Waals surface area contributed by atoms with E-state index in [0.717, 1.165) is 16.4 Å². The van der Waals surface area contributed by atoms with Crippen LogP contribution in [0.3, 0.4) is 0 Å². The summed E-state index contributed by atoms with van der Waals surface area (Å²) in [7, 11) is -4.00. The van der Waals surface area contributed by atoms with Crippen LogP contribution >= 0.6 is 0 Å². The van der Waals surface area contributed by atoms with Gasteiger partial charge < -0.3 is 5.11 Å². The number of nitrogens with zero attached hydrogens (tertiary/aromatic N) is 2. The van der Waals surface area contributed by atoms with E-state index in [1.807, 2.05) is 6.07 Å². The monoisotopic (exact) mass is 328 g/mol. The molecule has 0 aliphatic rings. The van der Waals surface area contributed by atoms with Crippen molar-refractivity contribution in [2.75, 3.05) is 13.1 Å². The van der Waals surface area contributed by atoms with Crippen LogP contribution in [0, 0.1) is 30.0 Å². The van der Waals surface area contributed by atoms with Gasteiger partial charge in [-0.05, 0) is 31.5 Å². The zero-order chi connectivity index (χ0) is 17.1. The fraction of sp³-hybridized carbons (Fsp3) is 0.429. The minimum atomic E-state index is -4.00. The van der Waals surface area contributed by atoms with E-state index in [2.05, 4.69) is 0 Å². The summed E-state index contributed by atoms with van der Waals surface area (Å²) in [5.74, 6) is -3.01. The first-order chi connectivity index (χ1) is 10.1. The molecule has 1 N–H and O–H groups in total. The Morgan fingerprint density at radius 2 is 2.09 bits per heavy atom. The predicted molar refractivity (Wildman–Crippen MR) is 77.3 cm³/mol. The molecule has 0 spiro atoms. The predicted octanol–water partition coefficient (Wildman–Crippen LogP) is 2.00. The van der Waals surface area contributed by atoms with Crippen LogP contribution < -0.4 is 0 Å². The van der Waals surface area contributed by atoms with Crippen LogP contribution in [-0.2, 0) is 10.0 Å². The van der Waals surface area contributed by atoms with Crippen molar-refractivity contribution in [3.05, 3.63) is 29.1 Å². The molecule has 120 valence electrons. The summed E-state index contributed by atoms with van der Waals surface area (Å²) in [5, 5.41) is 17.8. The number of aryl methyl sites for hydroxylation is 1. The maximum atomic E-state index is 13.7. The van der Waals surface area contributed by atoms with Crippen molar-refractivity contribution < 1.29 is 22.7 Å². The number of carboxylic acid groups (broad SMARTS) is 1. The summed E-state index contributed by atoms with van der Waals surface area (Å²) in [4.78, 5) is 10.7. The van der Waals surface area contributed by atoms with Crippen LogP contribution in [0.4, 0.5) is 4.39 Å². The highest BCUT2D eigenvalue weighted by molar-refractivity contribution is 7.89. The second-order valence-electron chi connectivity index (χ2n) is 4.89. The lowest BCUT2D eigenvalue weighted by Crippen LogP contribution is -2.34. The number of sulfonamides is 1. The molecule has 8 heteroatoms. The fourth-order valence-corrected chi connectivity index (χ4v) is 3.58. The van der Waals surface area contributed by atoms with Gasteiger partial charge in [-0.1, -0.05) is 6.92 Å². The van der Waals surface area contributed by atoms with E-state index in [1.165, 1.54) is 6.92 Å². The molecule has 0 amide bonds. The number of nitriles is 1. The van der Waals surface area contributed by atoms with Crippen molar-refractivity contribution in [3.63, 3.8) is 0 Å². The van der Waals surface area contributed by atoms with E-state index in [1.54, 1.807) is 13.8 Å². The topological polar surface area (TPSA) is 98.5 Å². The van der Waals surface area contributed by atoms with Crippen molar-refractivity contribution in [2.24, 2.45) is 5.92 Å². The molecule has 0 aliphatic carbocycles. The normalized spacial score (nSPS) is 12.9. The molecule has 0 aliphatic heterocycles. The molecular weight excluding hydrogens is 311 g/mol. The van der Waals surface area contributed by atoms with Crippen LogP contribution in [-0.4, -0.2) is 36.9 Å². The number of halogens is 1. The second-order valence-corrected chi connectivity index (χ2v) is 6.83. The van der Waals surface area contributed by atoms with Gasteiger partial charge in [0.2, 0.25) is 10.0 Å². The number of carboxylic acids is 1. The molecule has 0 radical (unpaired) electrons. The average Bonchev–Trinajstić information content (AvgIpc) is 2.46. The molecule has 0 unspecified atom stereocenters. The van der Waals surface area contributed by atoms with Crippen molar-refractivity contribution in [1.82, 2.24) is 4.31 Å². The molecule has 0 saturated heterocycles. The number of hydrogen-bond donors (Lipinski definition) is 1.